The highest BCUT2D eigenvalue weighted by Gasteiger charge is 2.20. The summed E-state index contributed by atoms with van der Waals surface area (Å²) in [5.74, 6) is 1.21. The van der Waals surface area contributed by atoms with Gasteiger partial charge in [0.15, 0.2) is 0 Å². The fourth-order valence-corrected chi connectivity index (χ4v) is 2.40. The molecule has 0 aliphatic rings. The van der Waals surface area contributed by atoms with Gasteiger partial charge in [-0.25, -0.2) is 4.98 Å². The number of ether oxygens (including phenoxy) is 1. The van der Waals surface area contributed by atoms with Crippen LogP contribution in [-0.4, -0.2) is 31.4 Å². The van der Waals surface area contributed by atoms with E-state index in [1.165, 1.54) is 0 Å². The number of rotatable bonds is 5. The molecule has 0 unspecified atom stereocenters. The van der Waals surface area contributed by atoms with Crippen molar-refractivity contribution in [3.8, 4) is 40.0 Å². The molecule has 1 N–H and O–H groups in total. The van der Waals surface area contributed by atoms with E-state index in [1.807, 2.05) is 26.0 Å². The Balaban J connectivity index is 1.72. The lowest BCUT2D eigenvalue weighted by molar-refractivity contribution is 0.233. The number of aromatic nitrogens is 5. The summed E-state index contributed by atoms with van der Waals surface area (Å²) < 4.78 is 16.3. The third-order valence-electron chi connectivity index (χ3n) is 3.47. The summed E-state index contributed by atoms with van der Waals surface area (Å²) in [5.41, 5.74) is 2.95. The van der Waals surface area contributed by atoms with Gasteiger partial charge in [0.05, 0.1) is 41.6 Å². The fourth-order valence-electron chi connectivity index (χ4n) is 2.40. The smallest absolute Gasteiger partial charge is 0.262 e. The molecule has 4 rings (SSSR count). The Morgan fingerprint density at radius 2 is 2.12 bits per heavy atom. The quantitative estimate of drug-likeness (QED) is 0.593. The lowest BCUT2D eigenvalue weighted by Gasteiger charge is -2.10. The molecular weight excluding hydrogens is 322 g/mol. The van der Waals surface area contributed by atoms with Crippen LogP contribution in [0.25, 0.3) is 34.1 Å². The van der Waals surface area contributed by atoms with Gasteiger partial charge in [-0.2, -0.15) is 10.1 Å². The molecule has 0 aliphatic heterocycles. The van der Waals surface area contributed by atoms with Crippen molar-refractivity contribution in [1.82, 2.24) is 25.3 Å². The van der Waals surface area contributed by atoms with Gasteiger partial charge in [0.2, 0.25) is 11.7 Å². The van der Waals surface area contributed by atoms with Gasteiger partial charge in [-0.05, 0) is 32.0 Å². The topological polar surface area (TPSA) is 103 Å². The van der Waals surface area contributed by atoms with Crippen LogP contribution in [0.1, 0.15) is 13.8 Å². The zero-order chi connectivity index (χ0) is 17.2. The molecule has 4 heterocycles. The second kappa shape index (κ2) is 6.23. The van der Waals surface area contributed by atoms with Crippen LogP contribution in [0.15, 0.2) is 52.1 Å². The van der Waals surface area contributed by atoms with Gasteiger partial charge >= 0.3 is 0 Å². The molecule has 0 radical (unpaired) electrons. The molecule has 0 bridgehead atoms. The van der Waals surface area contributed by atoms with Crippen molar-refractivity contribution in [2.24, 2.45) is 0 Å². The van der Waals surface area contributed by atoms with E-state index in [1.54, 1.807) is 31.0 Å². The third kappa shape index (κ3) is 2.89. The lowest BCUT2D eigenvalue weighted by atomic mass is 10.1. The van der Waals surface area contributed by atoms with E-state index in [4.69, 9.17) is 13.7 Å². The monoisotopic (exact) mass is 337 g/mol. The first kappa shape index (κ1) is 15.1. The number of furan rings is 1. The standard InChI is InChI=1S/C17H15N5O3/c1-10(2)24-16-12(4-3-6-18-16)15-20-17(25-22-15)13-8-19-21-14(13)11-5-7-23-9-11/h3-10H,1-2H3,(H,19,21). The highest BCUT2D eigenvalue weighted by molar-refractivity contribution is 5.76. The fraction of sp³-hybridized carbons (Fsp3) is 0.176. The van der Waals surface area contributed by atoms with Gasteiger partial charge in [0.25, 0.3) is 5.89 Å². The minimum absolute atomic E-state index is 0.0124. The minimum Gasteiger partial charge on any atom is -0.474 e. The second-order valence-electron chi connectivity index (χ2n) is 5.62. The summed E-state index contributed by atoms with van der Waals surface area (Å²) in [6.07, 6.45) is 6.49. The lowest BCUT2D eigenvalue weighted by Crippen LogP contribution is -2.08. The molecule has 0 aliphatic carbocycles. The maximum Gasteiger partial charge on any atom is 0.262 e. The van der Waals surface area contributed by atoms with Gasteiger partial charge in [-0.15, -0.1) is 0 Å². The number of hydrogen-bond donors (Lipinski definition) is 1. The minimum atomic E-state index is -0.0124. The van der Waals surface area contributed by atoms with Gasteiger partial charge < -0.3 is 13.7 Å². The SMILES string of the molecule is CC(C)Oc1ncccc1-c1noc(-c2cn[nH]c2-c2ccoc2)n1. The normalized spacial score (nSPS) is 11.2. The van der Waals surface area contributed by atoms with Crippen LogP contribution in [0.4, 0.5) is 0 Å². The first-order valence-electron chi connectivity index (χ1n) is 7.74. The molecule has 0 amide bonds. The van der Waals surface area contributed by atoms with Crippen molar-refractivity contribution < 1.29 is 13.7 Å². The van der Waals surface area contributed by atoms with Crippen molar-refractivity contribution in [1.29, 1.82) is 0 Å². The van der Waals surface area contributed by atoms with E-state index >= 15 is 0 Å². The van der Waals surface area contributed by atoms with E-state index in [0.717, 1.165) is 11.3 Å². The van der Waals surface area contributed by atoms with Crippen molar-refractivity contribution in [2.75, 3.05) is 0 Å². The van der Waals surface area contributed by atoms with Crippen LogP contribution < -0.4 is 4.74 Å². The molecule has 8 nitrogen and oxygen atoms in total. The van der Waals surface area contributed by atoms with Crippen LogP contribution in [0.3, 0.4) is 0 Å². The average molecular weight is 337 g/mol. The molecule has 0 spiro atoms. The Bertz CT molecular complexity index is 972. The number of hydrogen-bond acceptors (Lipinski definition) is 7. The molecule has 0 saturated carbocycles. The number of aromatic amines is 1. The van der Waals surface area contributed by atoms with E-state index in [0.29, 0.717) is 28.7 Å². The zero-order valence-corrected chi connectivity index (χ0v) is 13.6. The van der Waals surface area contributed by atoms with Crippen molar-refractivity contribution in [3.05, 3.63) is 43.1 Å². The first-order valence-corrected chi connectivity index (χ1v) is 7.74. The van der Waals surface area contributed by atoms with Crippen molar-refractivity contribution >= 4 is 0 Å². The Morgan fingerprint density at radius 1 is 1.20 bits per heavy atom. The Kier molecular flexibility index (Phi) is 3.77. The highest BCUT2D eigenvalue weighted by Crippen LogP contribution is 2.32. The molecule has 4 aromatic heterocycles. The van der Waals surface area contributed by atoms with Gasteiger partial charge in [-0.1, -0.05) is 5.16 Å². The molecule has 0 saturated heterocycles. The maximum absolute atomic E-state index is 5.72. The highest BCUT2D eigenvalue weighted by atomic mass is 16.5. The van der Waals surface area contributed by atoms with E-state index in [9.17, 15) is 0 Å². The Labute approximate surface area is 142 Å². The second-order valence-corrected chi connectivity index (χ2v) is 5.62. The van der Waals surface area contributed by atoms with E-state index in [2.05, 4.69) is 25.3 Å². The predicted octanol–water partition coefficient (Wildman–Crippen LogP) is 3.57. The molecule has 25 heavy (non-hydrogen) atoms. The largest absolute Gasteiger partial charge is 0.474 e. The molecule has 0 fully saturated rings. The van der Waals surface area contributed by atoms with Crippen LogP contribution in [0, 0.1) is 0 Å². The summed E-state index contributed by atoms with van der Waals surface area (Å²) in [6.45, 7) is 3.87. The van der Waals surface area contributed by atoms with E-state index in [-0.39, 0.29) is 6.10 Å². The van der Waals surface area contributed by atoms with Gasteiger partial charge in [-0.3, -0.25) is 5.10 Å². The number of nitrogens with zero attached hydrogens (tertiary/aromatic N) is 4. The van der Waals surface area contributed by atoms with E-state index < -0.39 is 0 Å². The number of H-pyrrole nitrogens is 1. The number of nitrogens with one attached hydrogen (secondary N) is 1. The molecule has 0 aromatic carbocycles. The third-order valence-corrected chi connectivity index (χ3v) is 3.47. The maximum atomic E-state index is 5.72. The Morgan fingerprint density at radius 3 is 2.92 bits per heavy atom. The average Bonchev–Trinajstić information content (AvgIpc) is 3.34. The number of pyridine rings is 1. The van der Waals surface area contributed by atoms with Gasteiger partial charge in [0, 0.05) is 11.8 Å². The van der Waals surface area contributed by atoms with Crippen LogP contribution in [-0.2, 0) is 0 Å². The summed E-state index contributed by atoms with van der Waals surface area (Å²) in [5, 5.41) is 11.0. The molecule has 126 valence electrons. The molecule has 4 aromatic rings. The molecule has 0 atom stereocenters. The predicted molar refractivity (Wildman–Crippen MR) is 88.6 cm³/mol. The van der Waals surface area contributed by atoms with Crippen LogP contribution in [0.2, 0.25) is 0 Å². The van der Waals surface area contributed by atoms with Crippen molar-refractivity contribution in [2.45, 2.75) is 20.0 Å². The first-order chi connectivity index (χ1) is 12.2. The van der Waals surface area contributed by atoms with Crippen LogP contribution in [0.5, 0.6) is 5.88 Å². The summed E-state index contributed by atoms with van der Waals surface area (Å²) in [7, 11) is 0. The zero-order valence-electron chi connectivity index (χ0n) is 13.6. The summed E-state index contributed by atoms with van der Waals surface area (Å²) in [4.78, 5) is 8.72. The summed E-state index contributed by atoms with van der Waals surface area (Å²) >= 11 is 0. The van der Waals surface area contributed by atoms with Crippen molar-refractivity contribution in [3.63, 3.8) is 0 Å². The summed E-state index contributed by atoms with van der Waals surface area (Å²) in [6, 6.07) is 5.46. The molecular formula is C17H15N5O3. The van der Waals surface area contributed by atoms with Gasteiger partial charge in [0.1, 0.15) is 0 Å². The Hall–Kier alpha value is -3.42. The van der Waals surface area contributed by atoms with Crippen LogP contribution >= 0.6 is 0 Å². The molecule has 8 heteroatoms.